The molecule has 1 heterocycles. The molecular formula is C17H20N2O2. The first kappa shape index (κ1) is 15.2. The lowest BCUT2D eigenvalue weighted by atomic mass is 9.92. The standard InChI is InChI=1S/C17H20N2O2/c1-13-7-6-10-15(19-13)12-18-16(20)11-17(2,21)14-8-4-3-5-9-14/h3-10,21H,11-12H2,1-2H3,(H,18,20). The fourth-order valence-electron chi connectivity index (χ4n) is 2.16. The van der Waals surface area contributed by atoms with Gasteiger partial charge >= 0.3 is 0 Å². The lowest BCUT2D eigenvalue weighted by Gasteiger charge is -2.23. The Labute approximate surface area is 124 Å². The Hall–Kier alpha value is -2.20. The Morgan fingerprint density at radius 2 is 1.90 bits per heavy atom. The highest BCUT2D eigenvalue weighted by molar-refractivity contribution is 5.77. The molecule has 1 aromatic carbocycles. The Balaban J connectivity index is 1.92. The maximum absolute atomic E-state index is 12.0. The van der Waals surface area contributed by atoms with Crippen LogP contribution < -0.4 is 5.32 Å². The van der Waals surface area contributed by atoms with E-state index in [1.807, 2.05) is 55.5 Å². The van der Waals surface area contributed by atoms with E-state index in [4.69, 9.17) is 0 Å². The van der Waals surface area contributed by atoms with E-state index in [9.17, 15) is 9.90 Å². The molecule has 0 aliphatic carbocycles. The summed E-state index contributed by atoms with van der Waals surface area (Å²) in [6.07, 6.45) is 0.0167. The first-order chi connectivity index (χ1) is 9.97. The molecule has 0 fully saturated rings. The van der Waals surface area contributed by atoms with Crippen molar-refractivity contribution < 1.29 is 9.90 Å². The summed E-state index contributed by atoms with van der Waals surface area (Å²) in [5, 5.41) is 13.2. The lowest BCUT2D eigenvalue weighted by molar-refractivity contribution is -0.126. The largest absolute Gasteiger partial charge is 0.385 e. The molecule has 0 bridgehead atoms. The fourth-order valence-corrected chi connectivity index (χ4v) is 2.16. The highest BCUT2D eigenvalue weighted by atomic mass is 16.3. The minimum absolute atomic E-state index is 0.0167. The molecule has 1 aromatic heterocycles. The van der Waals surface area contributed by atoms with Crippen molar-refractivity contribution in [1.82, 2.24) is 10.3 Å². The number of amides is 1. The maximum atomic E-state index is 12.0. The van der Waals surface area contributed by atoms with Crippen LogP contribution in [0, 0.1) is 6.92 Å². The summed E-state index contributed by atoms with van der Waals surface area (Å²) in [5.74, 6) is -0.202. The summed E-state index contributed by atoms with van der Waals surface area (Å²) in [7, 11) is 0. The molecule has 1 unspecified atom stereocenters. The van der Waals surface area contributed by atoms with Crippen molar-refractivity contribution in [3.05, 3.63) is 65.5 Å². The second-order valence-corrected chi connectivity index (χ2v) is 5.36. The van der Waals surface area contributed by atoms with Crippen LogP contribution in [0.3, 0.4) is 0 Å². The molecule has 4 nitrogen and oxygen atoms in total. The maximum Gasteiger partial charge on any atom is 0.223 e. The third-order valence-corrected chi connectivity index (χ3v) is 3.31. The number of carbonyl (C=O) groups excluding carboxylic acids is 1. The van der Waals surface area contributed by atoms with Crippen LogP contribution in [0.4, 0.5) is 0 Å². The van der Waals surface area contributed by atoms with E-state index in [1.54, 1.807) is 6.92 Å². The van der Waals surface area contributed by atoms with Gasteiger partial charge in [0, 0.05) is 5.69 Å². The molecular weight excluding hydrogens is 264 g/mol. The minimum atomic E-state index is -1.18. The highest BCUT2D eigenvalue weighted by Crippen LogP contribution is 2.23. The second kappa shape index (κ2) is 6.50. The topological polar surface area (TPSA) is 62.2 Å². The first-order valence-corrected chi connectivity index (χ1v) is 6.94. The molecule has 4 heteroatoms. The van der Waals surface area contributed by atoms with Gasteiger partial charge < -0.3 is 10.4 Å². The zero-order chi connectivity index (χ0) is 15.3. The number of hydrogen-bond donors (Lipinski definition) is 2. The van der Waals surface area contributed by atoms with Gasteiger partial charge in [-0.15, -0.1) is 0 Å². The predicted molar refractivity (Wildman–Crippen MR) is 81.5 cm³/mol. The number of nitrogens with one attached hydrogen (secondary N) is 1. The van der Waals surface area contributed by atoms with E-state index in [-0.39, 0.29) is 12.3 Å². The van der Waals surface area contributed by atoms with Gasteiger partial charge in [0.2, 0.25) is 5.91 Å². The van der Waals surface area contributed by atoms with Gasteiger partial charge in [0.1, 0.15) is 0 Å². The smallest absolute Gasteiger partial charge is 0.223 e. The highest BCUT2D eigenvalue weighted by Gasteiger charge is 2.26. The quantitative estimate of drug-likeness (QED) is 0.885. The number of aryl methyl sites for hydroxylation is 1. The number of carbonyl (C=O) groups is 1. The summed E-state index contributed by atoms with van der Waals surface area (Å²) in [5.41, 5.74) is 1.28. The SMILES string of the molecule is Cc1cccc(CNC(=O)CC(C)(O)c2ccccc2)n1. The van der Waals surface area contributed by atoms with Crippen molar-refractivity contribution in [1.29, 1.82) is 0 Å². The van der Waals surface area contributed by atoms with E-state index in [2.05, 4.69) is 10.3 Å². The molecule has 0 aliphatic heterocycles. The van der Waals surface area contributed by atoms with E-state index < -0.39 is 5.60 Å². The van der Waals surface area contributed by atoms with Crippen LogP contribution in [0.5, 0.6) is 0 Å². The number of hydrogen-bond acceptors (Lipinski definition) is 3. The normalized spacial score (nSPS) is 13.5. The number of pyridine rings is 1. The van der Waals surface area contributed by atoms with Gasteiger partial charge in [0.15, 0.2) is 0 Å². The molecule has 2 aromatic rings. The lowest BCUT2D eigenvalue weighted by Crippen LogP contribution is -2.32. The molecule has 0 spiro atoms. The van der Waals surface area contributed by atoms with Crippen molar-refractivity contribution in [2.45, 2.75) is 32.4 Å². The number of nitrogens with zero attached hydrogens (tertiary/aromatic N) is 1. The zero-order valence-corrected chi connectivity index (χ0v) is 12.3. The number of aliphatic hydroxyl groups is 1. The Kier molecular flexibility index (Phi) is 4.70. The number of benzene rings is 1. The van der Waals surface area contributed by atoms with Crippen molar-refractivity contribution in [3.63, 3.8) is 0 Å². The van der Waals surface area contributed by atoms with Crippen LogP contribution in [-0.2, 0) is 16.9 Å². The minimum Gasteiger partial charge on any atom is -0.385 e. The molecule has 110 valence electrons. The molecule has 0 aliphatic rings. The van der Waals surface area contributed by atoms with E-state index in [1.165, 1.54) is 0 Å². The average molecular weight is 284 g/mol. The summed E-state index contributed by atoms with van der Waals surface area (Å²) in [4.78, 5) is 16.3. The third-order valence-electron chi connectivity index (χ3n) is 3.31. The molecule has 0 saturated heterocycles. The number of aromatic nitrogens is 1. The Morgan fingerprint density at radius 1 is 1.19 bits per heavy atom. The monoisotopic (exact) mass is 284 g/mol. The van der Waals surface area contributed by atoms with E-state index in [0.717, 1.165) is 17.0 Å². The molecule has 2 N–H and O–H groups in total. The molecule has 1 amide bonds. The molecule has 1 atom stereocenters. The summed E-state index contributed by atoms with van der Waals surface area (Å²) >= 11 is 0. The van der Waals surface area contributed by atoms with Gasteiger partial charge in [-0.3, -0.25) is 9.78 Å². The third kappa shape index (κ3) is 4.39. The van der Waals surface area contributed by atoms with Gasteiger partial charge in [0.05, 0.1) is 24.3 Å². The summed E-state index contributed by atoms with van der Waals surface area (Å²) < 4.78 is 0. The van der Waals surface area contributed by atoms with Crippen molar-refractivity contribution in [2.24, 2.45) is 0 Å². The average Bonchev–Trinajstić information content (AvgIpc) is 2.46. The van der Waals surface area contributed by atoms with Gasteiger partial charge in [-0.1, -0.05) is 36.4 Å². The van der Waals surface area contributed by atoms with Crippen LogP contribution in [0.25, 0.3) is 0 Å². The van der Waals surface area contributed by atoms with Gasteiger partial charge in [-0.05, 0) is 31.5 Å². The molecule has 0 saturated carbocycles. The summed E-state index contributed by atoms with van der Waals surface area (Å²) in [6.45, 7) is 3.92. The van der Waals surface area contributed by atoms with Crippen LogP contribution in [0.2, 0.25) is 0 Å². The van der Waals surface area contributed by atoms with E-state index in [0.29, 0.717) is 6.54 Å². The second-order valence-electron chi connectivity index (χ2n) is 5.36. The van der Waals surface area contributed by atoms with Gasteiger partial charge in [-0.25, -0.2) is 0 Å². The van der Waals surface area contributed by atoms with Gasteiger partial charge in [-0.2, -0.15) is 0 Å². The Bertz CT molecular complexity index is 609. The fraction of sp³-hybridized carbons (Fsp3) is 0.294. The zero-order valence-electron chi connectivity index (χ0n) is 12.3. The van der Waals surface area contributed by atoms with Crippen molar-refractivity contribution in [3.8, 4) is 0 Å². The van der Waals surface area contributed by atoms with E-state index >= 15 is 0 Å². The van der Waals surface area contributed by atoms with Crippen LogP contribution >= 0.6 is 0 Å². The molecule has 0 radical (unpaired) electrons. The van der Waals surface area contributed by atoms with Crippen molar-refractivity contribution >= 4 is 5.91 Å². The summed E-state index contributed by atoms with van der Waals surface area (Å²) in [6, 6.07) is 14.9. The Morgan fingerprint density at radius 3 is 2.57 bits per heavy atom. The molecule has 21 heavy (non-hydrogen) atoms. The van der Waals surface area contributed by atoms with Crippen LogP contribution in [0.15, 0.2) is 48.5 Å². The first-order valence-electron chi connectivity index (χ1n) is 6.94. The van der Waals surface area contributed by atoms with Crippen molar-refractivity contribution in [2.75, 3.05) is 0 Å². The predicted octanol–water partition coefficient (Wildman–Crippen LogP) is 2.30. The van der Waals surface area contributed by atoms with Crippen LogP contribution in [-0.4, -0.2) is 16.0 Å². The number of rotatable bonds is 5. The van der Waals surface area contributed by atoms with Crippen LogP contribution in [0.1, 0.15) is 30.3 Å². The molecule has 2 rings (SSSR count). The van der Waals surface area contributed by atoms with Gasteiger partial charge in [0.25, 0.3) is 0 Å².